The van der Waals surface area contributed by atoms with Crippen LogP contribution in [0.1, 0.15) is 129 Å². The normalized spacial score (nSPS) is 23.3. The van der Waals surface area contributed by atoms with Crippen LogP contribution in [0.3, 0.4) is 0 Å². The molecule has 2 heterocycles. The van der Waals surface area contributed by atoms with Gasteiger partial charge in [-0.05, 0) is 59.5 Å². The molecule has 4 rings (SSSR count). The highest BCUT2D eigenvalue weighted by Gasteiger charge is 2.55. The van der Waals surface area contributed by atoms with E-state index in [1.54, 1.807) is 4.90 Å². The number of benzene rings is 2. The predicted octanol–water partition coefficient (Wildman–Crippen LogP) is 8.67. The lowest BCUT2D eigenvalue weighted by Crippen LogP contribution is -2.38. The van der Waals surface area contributed by atoms with Gasteiger partial charge >= 0.3 is 0 Å². The average molecular weight is 643 g/mol. The van der Waals surface area contributed by atoms with E-state index in [0.29, 0.717) is 25.8 Å². The maximum Gasteiger partial charge on any atom is 0.233 e. The molecule has 6 unspecified atom stereocenters. The van der Waals surface area contributed by atoms with E-state index in [9.17, 15) is 19.2 Å². The van der Waals surface area contributed by atoms with Crippen LogP contribution < -0.4 is 5.32 Å². The number of amides is 4. The zero-order chi connectivity index (χ0) is 34.4. The molecule has 256 valence electrons. The molecular formula is C41H58N2O4. The Morgan fingerprint density at radius 1 is 0.702 bits per heavy atom. The number of carbonyl (C=O) groups excluding carboxylic acids is 4. The number of hydrogen-bond donors (Lipinski definition) is 1. The van der Waals surface area contributed by atoms with Crippen LogP contribution in [0.5, 0.6) is 0 Å². The first-order valence-electron chi connectivity index (χ1n) is 18.1. The lowest BCUT2D eigenvalue weighted by atomic mass is 9.63. The number of nitrogens with one attached hydrogen (secondary N) is 1. The molecule has 2 aromatic carbocycles. The molecule has 6 nitrogen and oxygen atoms in total. The van der Waals surface area contributed by atoms with Crippen LogP contribution in [0.25, 0.3) is 0 Å². The molecule has 0 spiro atoms. The molecule has 0 aliphatic carbocycles. The number of nitrogens with zero attached hydrogens (tertiary/aromatic N) is 1. The largest absolute Gasteiger partial charge is 0.296 e. The third kappa shape index (κ3) is 8.80. The molecule has 1 N–H and O–H groups in total. The van der Waals surface area contributed by atoms with E-state index < -0.39 is 29.1 Å². The zero-order valence-corrected chi connectivity index (χ0v) is 29.9. The van der Waals surface area contributed by atoms with Gasteiger partial charge in [-0.2, -0.15) is 0 Å². The SMILES string of the molecule is CCCCCCCCN1C(=O)C(CC(c2ccccc2)C(C)(C)C)C(C(C)(C)CC(CC2C(=O)NC(=O)C2C)c2ccccc2)C1=O. The van der Waals surface area contributed by atoms with E-state index in [4.69, 9.17) is 0 Å². The molecule has 0 bridgehead atoms. The standard InChI is InChI=1S/C41H58N2O4/c1-8-9-10-11-12-19-24-43-38(46)33(26-34(40(3,4)5)30-22-17-14-18-23-30)35(39(43)47)41(6,7)27-31(29-20-15-13-16-21-29)25-32-28(2)36(44)42-37(32)45/h13-18,20-23,28,31-35H,8-12,19,24-27H2,1-7H3,(H,42,44,45). The Kier molecular flexibility index (Phi) is 12.2. The first kappa shape index (κ1) is 36.6. The second-order valence-electron chi connectivity index (χ2n) is 16.0. The first-order chi connectivity index (χ1) is 22.3. The fourth-order valence-electron chi connectivity index (χ4n) is 8.29. The smallest absolute Gasteiger partial charge is 0.233 e. The molecular weight excluding hydrogens is 584 g/mol. The van der Waals surface area contributed by atoms with Crippen LogP contribution in [0.2, 0.25) is 0 Å². The summed E-state index contributed by atoms with van der Waals surface area (Å²) in [7, 11) is 0. The van der Waals surface area contributed by atoms with E-state index in [1.807, 2.05) is 31.2 Å². The Balaban J connectivity index is 1.67. The summed E-state index contributed by atoms with van der Waals surface area (Å²) in [6.07, 6.45) is 8.29. The van der Waals surface area contributed by atoms with E-state index in [1.165, 1.54) is 24.8 Å². The minimum atomic E-state index is -0.546. The Morgan fingerprint density at radius 2 is 1.28 bits per heavy atom. The molecule has 6 atom stereocenters. The molecule has 2 aliphatic rings. The molecule has 2 aromatic rings. The van der Waals surface area contributed by atoms with Crippen molar-refractivity contribution in [3.63, 3.8) is 0 Å². The van der Waals surface area contributed by atoms with Crippen LogP contribution in [0.15, 0.2) is 60.7 Å². The van der Waals surface area contributed by atoms with Gasteiger partial charge in [0.2, 0.25) is 23.6 Å². The Labute approximate surface area is 283 Å². The van der Waals surface area contributed by atoms with Gasteiger partial charge in [-0.1, -0.05) is 141 Å². The van der Waals surface area contributed by atoms with Gasteiger partial charge in [-0.25, -0.2) is 0 Å². The summed E-state index contributed by atoms with van der Waals surface area (Å²) in [4.78, 5) is 55.8. The summed E-state index contributed by atoms with van der Waals surface area (Å²) in [6, 6.07) is 20.6. The third-order valence-corrected chi connectivity index (χ3v) is 11.0. The van der Waals surface area contributed by atoms with Crippen molar-refractivity contribution in [1.82, 2.24) is 10.2 Å². The molecule has 6 heteroatoms. The molecule has 0 radical (unpaired) electrons. The summed E-state index contributed by atoms with van der Waals surface area (Å²) in [5.74, 6) is -2.21. The second kappa shape index (κ2) is 15.7. The average Bonchev–Trinajstić information content (AvgIpc) is 3.42. The van der Waals surface area contributed by atoms with E-state index in [-0.39, 0.29) is 40.9 Å². The van der Waals surface area contributed by atoms with Crippen LogP contribution in [-0.4, -0.2) is 35.1 Å². The molecule has 47 heavy (non-hydrogen) atoms. The maximum atomic E-state index is 14.5. The summed E-state index contributed by atoms with van der Waals surface area (Å²) >= 11 is 0. The van der Waals surface area contributed by atoms with Gasteiger partial charge in [0.15, 0.2) is 0 Å². The van der Waals surface area contributed by atoms with Crippen molar-refractivity contribution in [1.29, 1.82) is 0 Å². The third-order valence-electron chi connectivity index (χ3n) is 11.0. The quantitative estimate of drug-likeness (QED) is 0.147. The fraction of sp³-hybridized carbons (Fsp3) is 0.610. The number of rotatable bonds is 16. The predicted molar refractivity (Wildman–Crippen MR) is 188 cm³/mol. The van der Waals surface area contributed by atoms with Crippen LogP contribution in [0, 0.1) is 34.5 Å². The minimum Gasteiger partial charge on any atom is -0.296 e. The first-order valence-corrected chi connectivity index (χ1v) is 18.1. The van der Waals surface area contributed by atoms with Crippen LogP contribution >= 0.6 is 0 Å². The number of likely N-dealkylation sites (tertiary alicyclic amines) is 1. The van der Waals surface area contributed by atoms with E-state index in [0.717, 1.165) is 24.8 Å². The molecule has 2 aliphatic heterocycles. The van der Waals surface area contributed by atoms with Crippen molar-refractivity contribution >= 4 is 23.6 Å². The van der Waals surface area contributed by atoms with Gasteiger partial charge < -0.3 is 0 Å². The van der Waals surface area contributed by atoms with Crippen molar-refractivity contribution in [3.8, 4) is 0 Å². The Bertz CT molecular complexity index is 1360. The molecule has 0 saturated carbocycles. The number of carbonyl (C=O) groups is 4. The molecule has 4 amide bonds. The van der Waals surface area contributed by atoms with Gasteiger partial charge in [-0.15, -0.1) is 0 Å². The molecule has 2 saturated heterocycles. The van der Waals surface area contributed by atoms with Gasteiger partial charge in [0.05, 0.1) is 17.8 Å². The van der Waals surface area contributed by atoms with Gasteiger partial charge in [0.25, 0.3) is 0 Å². The fourth-order valence-corrected chi connectivity index (χ4v) is 8.29. The lowest BCUT2D eigenvalue weighted by Gasteiger charge is -2.39. The maximum absolute atomic E-state index is 14.5. The van der Waals surface area contributed by atoms with Crippen molar-refractivity contribution < 1.29 is 19.2 Å². The molecule has 2 fully saturated rings. The Morgan fingerprint density at radius 3 is 1.83 bits per heavy atom. The summed E-state index contributed by atoms with van der Waals surface area (Å²) in [5.41, 5.74) is 1.63. The van der Waals surface area contributed by atoms with Crippen LogP contribution in [-0.2, 0) is 19.2 Å². The highest BCUT2D eigenvalue weighted by atomic mass is 16.2. The lowest BCUT2D eigenvalue weighted by molar-refractivity contribution is -0.141. The van der Waals surface area contributed by atoms with Gasteiger partial charge in [0.1, 0.15) is 0 Å². The van der Waals surface area contributed by atoms with Crippen LogP contribution in [0.4, 0.5) is 0 Å². The molecule has 0 aromatic heterocycles. The van der Waals surface area contributed by atoms with E-state index >= 15 is 0 Å². The topological polar surface area (TPSA) is 83.6 Å². The van der Waals surface area contributed by atoms with Gasteiger partial charge in [0, 0.05) is 12.5 Å². The monoisotopic (exact) mass is 642 g/mol. The van der Waals surface area contributed by atoms with E-state index in [2.05, 4.69) is 83.3 Å². The highest BCUT2D eigenvalue weighted by molar-refractivity contribution is 6.06. The summed E-state index contributed by atoms with van der Waals surface area (Å²) in [5, 5.41) is 2.52. The minimum absolute atomic E-state index is 0.0301. The van der Waals surface area contributed by atoms with Crippen molar-refractivity contribution in [3.05, 3.63) is 71.8 Å². The summed E-state index contributed by atoms with van der Waals surface area (Å²) < 4.78 is 0. The zero-order valence-electron chi connectivity index (χ0n) is 29.9. The number of hydrogen-bond acceptors (Lipinski definition) is 4. The second-order valence-corrected chi connectivity index (χ2v) is 16.0. The highest BCUT2D eigenvalue weighted by Crippen LogP contribution is 2.51. The van der Waals surface area contributed by atoms with Crippen molar-refractivity contribution in [2.45, 2.75) is 118 Å². The number of imide groups is 2. The van der Waals surface area contributed by atoms with Crippen molar-refractivity contribution in [2.75, 3.05) is 6.54 Å². The number of unbranched alkanes of at least 4 members (excludes halogenated alkanes) is 5. The van der Waals surface area contributed by atoms with Crippen molar-refractivity contribution in [2.24, 2.45) is 34.5 Å². The Hall–Kier alpha value is -3.28. The van der Waals surface area contributed by atoms with Gasteiger partial charge in [-0.3, -0.25) is 29.4 Å². The summed E-state index contributed by atoms with van der Waals surface area (Å²) in [6.45, 7) is 15.4.